The number of nitrogens with one attached hydrogen (secondary N) is 1. The number of hydrogen-bond donors (Lipinski definition) is 1. The number of furan rings is 1. The van der Waals surface area contributed by atoms with Gasteiger partial charge in [0.2, 0.25) is 0 Å². The number of aryl methyl sites for hydroxylation is 1. The fourth-order valence-electron chi connectivity index (χ4n) is 2.39. The van der Waals surface area contributed by atoms with E-state index in [1.807, 2.05) is 18.7 Å². The second-order valence-electron chi connectivity index (χ2n) is 4.83. The first kappa shape index (κ1) is 13.0. The molecule has 0 atom stereocenters. The second kappa shape index (κ2) is 7.12. The third-order valence-electron chi connectivity index (χ3n) is 3.43. The fraction of sp³-hybridized carbons (Fsp3) is 0.714. The molecule has 0 unspecified atom stereocenters. The van der Waals surface area contributed by atoms with Gasteiger partial charge in [-0.2, -0.15) is 0 Å². The summed E-state index contributed by atoms with van der Waals surface area (Å²) in [6.07, 6.45) is 10.1. The van der Waals surface area contributed by atoms with Gasteiger partial charge in [-0.15, -0.1) is 11.8 Å². The molecule has 1 N–H and O–H groups in total. The molecule has 1 fully saturated rings. The summed E-state index contributed by atoms with van der Waals surface area (Å²) in [5.74, 6) is 2.23. The van der Waals surface area contributed by atoms with Crippen LogP contribution in [0, 0.1) is 6.92 Å². The molecule has 2 rings (SSSR count). The van der Waals surface area contributed by atoms with E-state index in [0.29, 0.717) is 0 Å². The van der Waals surface area contributed by atoms with Crippen LogP contribution in [0.25, 0.3) is 0 Å². The Morgan fingerprint density at radius 3 is 2.88 bits per heavy atom. The van der Waals surface area contributed by atoms with E-state index in [1.165, 1.54) is 49.2 Å². The summed E-state index contributed by atoms with van der Waals surface area (Å²) in [6, 6.07) is 2.86. The lowest BCUT2D eigenvalue weighted by molar-refractivity contribution is 0.375. The van der Waals surface area contributed by atoms with E-state index in [4.69, 9.17) is 4.42 Å². The van der Waals surface area contributed by atoms with Gasteiger partial charge in [0.15, 0.2) is 0 Å². The zero-order valence-electron chi connectivity index (χ0n) is 10.7. The van der Waals surface area contributed by atoms with E-state index in [-0.39, 0.29) is 0 Å². The van der Waals surface area contributed by atoms with Gasteiger partial charge in [-0.3, -0.25) is 0 Å². The van der Waals surface area contributed by atoms with E-state index in [9.17, 15) is 0 Å². The molecule has 2 nitrogen and oxygen atoms in total. The molecule has 0 bridgehead atoms. The maximum absolute atomic E-state index is 5.28. The van der Waals surface area contributed by atoms with Crippen molar-refractivity contribution in [2.75, 3.05) is 12.3 Å². The third kappa shape index (κ3) is 4.40. The molecule has 1 aliphatic carbocycles. The highest BCUT2D eigenvalue weighted by Crippen LogP contribution is 2.23. The first-order valence-corrected chi connectivity index (χ1v) is 7.75. The molecule has 1 aromatic rings. The number of rotatable bonds is 6. The van der Waals surface area contributed by atoms with Crippen molar-refractivity contribution in [3.8, 4) is 0 Å². The van der Waals surface area contributed by atoms with Crippen molar-refractivity contribution in [1.29, 1.82) is 0 Å². The van der Waals surface area contributed by atoms with Crippen molar-refractivity contribution in [2.45, 2.75) is 56.4 Å². The molecular weight excluding hydrogens is 230 g/mol. The average Bonchev–Trinajstić information content (AvgIpc) is 2.76. The molecule has 1 saturated carbocycles. The third-order valence-corrected chi connectivity index (χ3v) is 4.66. The van der Waals surface area contributed by atoms with E-state index >= 15 is 0 Å². The topological polar surface area (TPSA) is 25.2 Å². The van der Waals surface area contributed by atoms with Crippen molar-refractivity contribution < 1.29 is 4.42 Å². The summed E-state index contributed by atoms with van der Waals surface area (Å²) < 4.78 is 5.28. The fourth-order valence-corrected chi connectivity index (χ4v) is 3.30. The van der Waals surface area contributed by atoms with Gasteiger partial charge >= 0.3 is 0 Å². The zero-order chi connectivity index (χ0) is 11.9. The Labute approximate surface area is 109 Å². The molecule has 0 aromatic carbocycles. The lowest BCUT2D eigenvalue weighted by Crippen LogP contribution is -2.31. The molecule has 1 heterocycles. The highest BCUT2D eigenvalue weighted by molar-refractivity contribution is 7.99. The summed E-state index contributed by atoms with van der Waals surface area (Å²) in [5.41, 5.74) is 0. The van der Waals surface area contributed by atoms with Crippen molar-refractivity contribution in [1.82, 2.24) is 5.32 Å². The molecule has 0 spiro atoms. The van der Waals surface area contributed by atoms with Gasteiger partial charge in [0, 0.05) is 10.9 Å². The van der Waals surface area contributed by atoms with Gasteiger partial charge in [0.05, 0.1) is 6.26 Å². The second-order valence-corrected chi connectivity index (χ2v) is 5.97. The molecule has 0 saturated heterocycles. The van der Waals surface area contributed by atoms with Crippen molar-refractivity contribution in [3.05, 3.63) is 18.1 Å². The summed E-state index contributed by atoms with van der Waals surface area (Å²) in [5, 5.41) is 3.68. The van der Waals surface area contributed by atoms with Gasteiger partial charge in [0.1, 0.15) is 5.76 Å². The Bertz CT molecular complexity index is 318. The molecule has 1 aliphatic rings. The van der Waals surface area contributed by atoms with Gasteiger partial charge in [0.25, 0.3) is 0 Å². The van der Waals surface area contributed by atoms with Crippen LogP contribution in [0.2, 0.25) is 0 Å². The Morgan fingerprint density at radius 1 is 1.35 bits per heavy atom. The predicted octanol–water partition coefficient (Wildman–Crippen LogP) is 3.99. The van der Waals surface area contributed by atoms with E-state index < -0.39 is 0 Å². The molecule has 17 heavy (non-hydrogen) atoms. The Balaban J connectivity index is 1.53. The first-order chi connectivity index (χ1) is 8.36. The van der Waals surface area contributed by atoms with Crippen LogP contribution < -0.4 is 5.32 Å². The molecule has 96 valence electrons. The molecule has 1 aromatic heterocycles. The van der Waals surface area contributed by atoms with Crippen LogP contribution in [0.4, 0.5) is 0 Å². The van der Waals surface area contributed by atoms with E-state index in [2.05, 4.69) is 11.4 Å². The zero-order valence-corrected chi connectivity index (χ0v) is 11.5. The predicted molar refractivity (Wildman–Crippen MR) is 73.7 cm³/mol. The summed E-state index contributed by atoms with van der Waals surface area (Å²) in [4.78, 5) is 1.29. The van der Waals surface area contributed by atoms with Crippen LogP contribution in [-0.2, 0) is 0 Å². The van der Waals surface area contributed by atoms with Crippen LogP contribution in [0.15, 0.2) is 21.6 Å². The van der Waals surface area contributed by atoms with Crippen LogP contribution in [0.3, 0.4) is 0 Å². The Morgan fingerprint density at radius 2 is 2.18 bits per heavy atom. The van der Waals surface area contributed by atoms with E-state index in [0.717, 1.165) is 18.3 Å². The van der Waals surface area contributed by atoms with Crippen molar-refractivity contribution in [3.63, 3.8) is 0 Å². The normalized spacial score (nSPS) is 17.5. The lowest BCUT2D eigenvalue weighted by atomic mass is 9.95. The smallest absolute Gasteiger partial charge is 0.114 e. The number of hydrogen-bond acceptors (Lipinski definition) is 3. The van der Waals surface area contributed by atoms with E-state index in [1.54, 1.807) is 6.26 Å². The number of thioether (sulfide) groups is 1. The maximum Gasteiger partial charge on any atom is 0.114 e. The summed E-state index contributed by atoms with van der Waals surface area (Å²) in [7, 11) is 0. The minimum Gasteiger partial charge on any atom is -0.468 e. The van der Waals surface area contributed by atoms with Crippen LogP contribution in [0.1, 0.15) is 44.3 Å². The minimum atomic E-state index is 0.796. The Kier molecular flexibility index (Phi) is 5.46. The van der Waals surface area contributed by atoms with Crippen LogP contribution in [0.5, 0.6) is 0 Å². The molecule has 0 radical (unpaired) electrons. The van der Waals surface area contributed by atoms with Gasteiger partial charge in [-0.25, -0.2) is 0 Å². The average molecular weight is 253 g/mol. The highest BCUT2D eigenvalue weighted by Gasteiger charge is 2.11. The largest absolute Gasteiger partial charge is 0.468 e. The van der Waals surface area contributed by atoms with Gasteiger partial charge in [-0.1, -0.05) is 19.3 Å². The molecule has 0 aliphatic heterocycles. The molecule has 3 heteroatoms. The van der Waals surface area contributed by atoms with Crippen LogP contribution >= 0.6 is 11.8 Å². The summed E-state index contributed by atoms with van der Waals surface area (Å²) >= 11 is 1.91. The van der Waals surface area contributed by atoms with Gasteiger partial charge < -0.3 is 9.73 Å². The van der Waals surface area contributed by atoms with Gasteiger partial charge in [-0.05, 0) is 44.6 Å². The Hall–Kier alpha value is -0.410. The lowest BCUT2D eigenvalue weighted by Gasteiger charge is -2.22. The quantitative estimate of drug-likeness (QED) is 0.613. The summed E-state index contributed by atoms with van der Waals surface area (Å²) in [6.45, 7) is 3.19. The monoisotopic (exact) mass is 253 g/mol. The minimum absolute atomic E-state index is 0.796. The molecule has 0 amide bonds. The van der Waals surface area contributed by atoms with Crippen LogP contribution in [-0.4, -0.2) is 18.3 Å². The standard InChI is InChI=1S/C14H23NOS/c1-12-14(8-10-16-12)17-11-5-9-15-13-6-3-2-4-7-13/h8,10,13,15H,2-7,9,11H2,1H3. The van der Waals surface area contributed by atoms with Crippen molar-refractivity contribution >= 4 is 11.8 Å². The van der Waals surface area contributed by atoms with Crippen molar-refractivity contribution in [2.24, 2.45) is 0 Å². The maximum atomic E-state index is 5.28. The highest BCUT2D eigenvalue weighted by atomic mass is 32.2. The molecular formula is C14H23NOS. The SMILES string of the molecule is Cc1occc1SCCCNC1CCCCC1. The first-order valence-electron chi connectivity index (χ1n) is 6.76.